The van der Waals surface area contributed by atoms with E-state index in [1.54, 1.807) is 18.6 Å². The molecule has 6 heteroatoms. The van der Waals surface area contributed by atoms with Crippen molar-refractivity contribution < 1.29 is 4.39 Å². The van der Waals surface area contributed by atoms with E-state index in [0.29, 0.717) is 16.7 Å². The number of rotatable bonds is 4. The van der Waals surface area contributed by atoms with Gasteiger partial charge in [0.1, 0.15) is 11.6 Å². The fourth-order valence-corrected chi connectivity index (χ4v) is 2.63. The molecule has 0 aliphatic heterocycles. The second kappa shape index (κ2) is 7.15. The predicted molar refractivity (Wildman–Crippen MR) is 98.8 cm³/mol. The Bertz CT molecular complexity index is 912. The lowest BCUT2D eigenvalue weighted by Crippen LogP contribution is -2.05. The molecular weight excluding hydrogens is 339 g/mol. The monoisotopic (exact) mass is 356 g/mol. The molecule has 0 saturated carbocycles. The van der Waals surface area contributed by atoms with Crippen LogP contribution in [0.1, 0.15) is 30.9 Å². The first-order valence-corrected chi connectivity index (χ1v) is 8.33. The summed E-state index contributed by atoms with van der Waals surface area (Å²) in [5.74, 6) is 0.739. The summed E-state index contributed by atoms with van der Waals surface area (Å²) >= 11 is 5.99. The highest BCUT2D eigenvalue weighted by atomic mass is 35.5. The lowest BCUT2D eigenvalue weighted by Gasteiger charge is -2.16. The Kier molecular flexibility index (Phi) is 4.95. The number of aryl methyl sites for hydroxylation is 1. The molecule has 0 saturated heterocycles. The Morgan fingerprint density at radius 1 is 1.16 bits per heavy atom. The van der Waals surface area contributed by atoms with Crippen LogP contribution in [0.15, 0.2) is 42.9 Å². The zero-order valence-electron chi connectivity index (χ0n) is 14.2. The van der Waals surface area contributed by atoms with E-state index in [1.807, 2.05) is 13.0 Å². The average Bonchev–Trinajstić information content (AvgIpc) is 2.59. The van der Waals surface area contributed by atoms with Gasteiger partial charge in [-0.3, -0.25) is 4.98 Å². The zero-order chi connectivity index (χ0) is 18.0. The van der Waals surface area contributed by atoms with Crippen molar-refractivity contribution in [1.82, 2.24) is 15.0 Å². The first-order chi connectivity index (χ1) is 12.0. The van der Waals surface area contributed by atoms with Gasteiger partial charge in [0.2, 0.25) is 0 Å². The minimum Gasteiger partial charge on any atom is -0.340 e. The largest absolute Gasteiger partial charge is 0.340 e. The van der Waals surface area contributed by atoms with Crippen molar-refractivity contribution in [1.29, 1.82) is 0 Å². The number of anilines is 2. The highest BCUT2D eigenvalue weighted by molar-refractivity contribution is 6.30. The Hall–Kier alpha value is -2.53. The van der Waals surface area contributed by atoms with Gasteiger partial charge < -0.3 is 5.32 Å². The molecule has 0 bridgehead atoms. The normalized spacial score (nSPS) is 11.0. The van der Waals surface area contributed by atoms with Crippen LogP contribution in [0.5, 0.6) is 0 Å². The van der Waals surface area contributed by atoms with Crippen molar-refractivity contribution >= 4 is 23.1 Å². The second-order valence-corrected chi connectivity index (χ2v) is 6.53. The van der Waals surface area contributed by atoms with Gasteiger partial charge in [0.05, 0.1) is 5.56 Å². The van der Waals surface area contributed by atoms with Gasteiger partial charge in [0.25, 0.3) is 0 Å². The zero-order valence-corrected chi connectivity index (χ0v) is 15.0. The van der Waals surface area contributed by atoms with E-state index in [2.05, 4.69) is 34.1 Å². The van der Waals surface area contributed by atoms with Gasteiger partial charge in [0, 0.05) is 34.9 Å². The summed E-state index contributed by atoms with van der Waals surface area (Å²) in [6.07, 6.45) is 5.21. The Balaban J connectivity index is 2.09. The van der Waals surface area contributed by atoms with Crippen LogP contribution in [0.4, 0.5) is 15.9 Å². The van der Waals surface area contributed by atoms with Crippen LogP contribution in [0.3, 0.4) is 0 Å². The van der Waals surface area contributed by atoms with Crippen LogP contribution >= 0.6 is 11.6 Å². The predicted octanol–water partition coefficient (Wildman–Crippen LogP) is 5.51. The molecular formula is C19H18ClFN4. The first-order valence-electron chi connectivity index (χ1n) is 7.95. The van der Waals surface area contributed by atoms with E-state index in [0.717, 1.165) is 16.8 Å². The van der Waals surface area contributed by atoms with Crippen molar-refractivity contribution in [2.24, 2.45) is 0 Å². The van der Waals surface area contributed by atoms with Crippen molar-refractivity contribution in [3.05, 3.63) is 64.8 Å². The summed E-state index contributed by atoms with van der Waals surface area (Å²) in [5.41, 5.74) is 3.11. The van der Waals surface area contributed by atoms with E-state index >= 15 is 0 Å². The highest BCUT2D eigenvalue weighted by Gasteiger charge is 2.15. The van der Waals surface area contributed by atoms with E-state index in [4.69, 9.17) is 11.6 Å². The van der Waals surface area contributed by atoms with Crippen molar-refractivity contribution in [3.63, 3.8) is 0 Å². The van der Waals surface area contributed by atoms with Crippen molar-refractivity contribution in [2.75, 3.05) is 5.32 Å². The topological polar surface area (TPSA) is 50.7 Å². The molecule has 1 N–H and O–H groups in total. The number of aromatic nitrogens is 3. The number of halogens is 2. The van der Waals surface area contributed by atoms with Gasteiger partial charge >= 0.3 is 0 Å². The van der Waals surface area contributed by atoms with E-state index in [9.17, 15) is 4.39 Å². The van der Waals surface area contributed by atoms with E-state index in [-0.39, 0.29) is 11.5 Å². The summed E-state index contributed by atoms with van der Waals surface area (Å²) in [4.78, 5) is 13.0. The smallest absolute Gasteiger partial charge is 0.164 e. The Morgan fingerprint density at radius 3 is 2.68 bits per heavy atom. The fraction of sp³-hybridized carbons (Fsp3) is 0.211. The summed E-state index contributed by atoms with van der Waals surface area (Å²) < 4.78 is 14.2. The van der Waals surface area contributed by atoms with Gasteiger partial charge in [-0.1, -0.05) is 25.4 Å². The highest BCUT2D eigenvalue weighted by Crippen LogP contribution is 2.30. The van der Waals surface area contributed by atoms with Gasteiger partial charge in [-0.05, 0) is 42.7 Å². The number of hydrogen-bond acceptors (Lipinski definition) is 4. The average molecular weight is 357 g/mol. The lowest BCUT2D eigenvalue weighted by atomic mass is 10.1. The van der Waals surface area contributed by atoms with Gasteiger partial charge in [0.15, 0.2) is 5.82 Å². The SMILES string of the molecule is Cc1cnccc1Nc1nc(-c2cc(Cl)ccc2F)ncc1C(C)C. The third-order valence-corrected chi connectivity index (χ3v) is 4.12. The second-order valence-electron chi connectivity index (χ2n) is 6.09. The molecule has 2 aromatic heterocycles. The van der Waals surface area contributed by atoms with Crippen molar-refractivity contribution in [3.8, 4) is 11.4 Å². The standard InChI is InChI=1S/C19H18ClFN4/c1-11(2)15-10-23-18(14-8-13(20)4-5-16(14)21)25-19(15)24-17-6-7-22-9-12(17)3/h4-11H,1-3H3,(H,22,23,24,25). The van der Waals surface area contributed by atoms with Crippen LogP contribution in [0.25, 0.3) is 11.4 Å². The molecule has 0 fully saturated rings. The summed E-state index contributed by atoms with van der Waals surface area (Å²) in [5, 5.41) is 3.76. The maximum Gasteiger partial charge on any atom is 0.164 e. The lowest BCUT2D eigenvalue weighted by molar-refractivity contribution is 0.630. The maximum atomic E-state index is 14.2. The van der Waals surface area contributed by atoms with Gasteiger partial charge in [-0.15, -0.1) is 0 Å². The molecule has 0 aliphatic rings. The molecule has 1 aromatic carbocycles. The molecule has 0 aliphatic carbocycles. The van der Waals surface area contributed by atoms with Gasteiger partial charge in [-0.25, -0.2) is 14.4 Å². The van der Waals surface area contributed by atoms with Crippen LogP contribution in [-0.4, -0.2) is 15.0 Å². The molecule has 128 valence electrons. The van der Waals surface area contributed by atoms with E-state index < -0.39 is 5.82 Å². The molecule has 2 heterocycles. The number of benzene rings is 1. The minimum atomic E-state index is -0.410. The molecule has 3 aromatic rings. The molecule has 3 rings (SSSR count). The van der Waals surface area contributed by atoms with Crippen molar-refractivity contribution in [2.45, 2.75) is 26.7 Å². The van der Waals surface area contributed by atoms with Crippen LogP contribution in [0, 0.1) is 12.7 Å². The summed E-state index contributed by atoms with van der Waals surface area (Å²) in [6, 6.07) is 6.23. The number of hydrogen-bond donors (Lipinski definition) is 1. The first kappa shape index (κ1) is 17.3. The molecule has 0 spiro atoms. The van der Waals surface area contributed by atoms with Crippen LogP contribution < -0.4 is 5.32 Å². The van der Waals surface area contributed by atoms with Gasteiger partial charge in [-0.2, -0.15) is 0 Å². The number of nitrogens with zero attached hydrogens (tertiary/aromatic N) is 3. The van der Waals surface area contributed by atoms with Crippen LogP contribution in [-0.2, 0) is 0 Å². The third-order valence-electron chi connectivity index (χ3n) is 3.88. The van der Waals surface area contributed by atoms with E-state index in [1.165, 1.54) is 18.2 Å². The Morgan fingerprint density at radius 2 is 1.96 bits per heavy atom. The molecule has 25 heavy (non-hydrogen) atoms. The Labute approximate surface area is 151 Å². The third kappa shape index (κ3) is 3.77. The quantitative estimate of drug-likeness (QED) is 0.670. The minimum absolute atomic E-state index is 0.211. The number of pyridine rings is 1. The maximum absolute atomic E-state index is 14.2. The molecule has 0 atom stereocenters. The van der Waals surface area contributed by atoms with Crippen LogP contribution in [0.2, 0.25) is 5.02 Å². The molecule has 0 radical (unpaired) electrons. The molecule has 0 amide bonds. The summed E-state index contributed by atoms with van der Waals surface area (Å²) in [6.45, 7) is 6.08. The molecule has 4 nitrogen and oxygen atoms in total. The fourth-order valence-electron chi connectivity index (χ4n) is 2.45. The molecule has 0 unspecified atom stereocenters. The summed E-state index contributed by atoms with van der Waals surface area (Å²) in [7, 11) is 0. The number of nitrogens with one attached hydrogen (secondary N) is 1.